The van der Waals surface area contributed by atoms with Gasteiger partial charge in [-0.15, -0.1) is 0 Å². The van der Waals surface area contributed by atoms with Crippen LogP contribution in [0.4, 0.5) is 8.78 Å². The molecular weight excluding hydrogens is 649 g/mol. The molecule has 52 heavy (non-hydrogen) atoms. The molecule has 0 fully saturated rings. The fraction of sp³-hybridized carbons (Fsp3) is 0. The summed E-state index contributed by atoms with van der Waals surface area (Å²) in [6, 6.07) is 51.9. The van der Waals surface area contributed by atoms with E-state index in [1.165, 1.54) is 35.0 Å². The topological polar surface area (TPSA) is 48.5 Å². The van der Waals surface area contributed by atoms with Gasteiger partial charge in [-0.2, -0.15) is 0 Å². The van der Waals surface area contributed by atoms with Crippen LogP contribution in [0.1, 0.15) is 0 Å². The SMILES string of the molecule is Fc1ccc(-c2cc(-c3ccc(F)cc3)nc(-c3cccc(-n4c5ccccc5c5c4ccc4c6ccccc6n(-c6ccccc6)c45)n3)n2)cc1. The van der Waals surface area contributed by atoms with Gasteiger partial charge in [-0.05, 0) is 97.1 Å². The zero-order valence-corrected chi connectivity index (χ0v) is 27.6. The summed E-state index contributed by atoms with van der Waals surface area (Å²) in [6.45, 7) is 0. The minimum Gasteiger partial charge on any atom is -0.309 e. The summed E-state index contributed by atoms with van der Waals surface area (Å²) in [4.78, 5) is 15.0. The number of benzene rings is 6. The Morgan fingerprint density at radius 1 is 0.404 bits per heavy atom. The lowest BCUT2D eigenvalue weighted by Crippen LogP contribution is -2.01. The quantitative estimate of drug-likeness (QED) is 0.182. The molecule has 10 aromatic rings. The molecule has 0 saturated carbocycles. The molecule has 0 bridgehead atoms. The van der Waals surface area contributed by atoms with E-state index in [0.29, 0.717) is 28.7 Å². The molecule has 0 atom stereocenters. The van der Waals surface area contributed by atoms with Crippen molar-refractivity contribution in [2.75, 3.05) is 0 Å². The van der Waals surface area contributed by atoms with Crippen molar-refractivity contribution in [1.82, 2.24) is 24.1 Å². The maximum Gasteiger partial charge on any atom is 0.179 e. The molecule has 0 aliphatic heterocycles. The number of nitrogens with zero attached hydrogens (tertiary/aromatic N) is 5. The normalized spacial score (nSPS) is 11.7. The maximum atomic E-state index is 13.9. The van der Waals surface area contributed by atoms with Crippen molar-refractivity contribution < 1.29 is 8.78 Å². The van der Waals surface area contributed by atoms with Gasteiger partial charge >= 0.3 is 0 Å². The van der Waals surface area contributed by atoms with Gasteiger partial charge in [0.1, 0.15) is 23.1 Å². The van der Waals surface area contributed by atoms with Gasteiger partial charge in [-0.1, -0.05) is 66.7 Å². The predicted octanol–water partition coefficient (Wildman–Crippen LogP) is 11.3. The van der Waals surface area contributed by atoms with E-state index in [9.17, 15) is 8.78 Å². The Bertz CT molecular complexity index is 2900. The van der Waals surface area contributed by atoms with Gasteiger partial charge in [0, 0.05) is 38.4 Å². The zero-order chi connectivity index (χ0) is 34.8. The highest BCUT2D eigenvalue weighted by molar-refractivity contribution is 6.26. The molecule has 4 aromatic heterocycles. The largest absolute Gasteiger partial charge is 0.309 e. The highest BCUT2D eigenvalue weighted by Crippen LogP contribution is 2.42. The Hall–Kier alpha value is -6.99. The molecule has 10 rings (SSSR count). The Labute approximate surface area is 296 Å². The number of aromatic nitrogens is 5. The predicted molar refractivity (Wildman–Crippen MR) is 205 cm³/mol. The van der Waals surface area contributed by atoms with Gasteiger partial charge in [0.05, 0.1) is 33.5 Å². The third kappa shape index (κ3) is 4.78. The Kier molecular flexibility index (Phi) is 6.79. The van der Waals surface area contributed by atoms with Crippen LogP contribution in [0.5, 0.6) is 0 Å². The molecular formula is C45H27F2N5. The number of hydrogen-bond acceptors (Lipinski definition) is 3. The molecule has 0 spiro atoms. The molecule has 0 N–H and O–H groups in total. The molecule has 6 aromatic carbocycles. The third-order valence-corrected chi connectivity index (χ3v) is 9.68. The van der Waals surface area contributed by atoms with E-state index in [4.69, 9.17) is 15.0 Å². The van der Waals surface area contributed by atoms with Crippen molar-refractivity contribution in [3.05, 3.63) is 175 Å². The van der Waals surface area contributed by atoms with Crippen LogP contribution in [-0.4, -0.2) is 24.1 Å². The van der Waals surface area contributed by atoms with Crippen molar-refractivity contribution in [2.24, 2.45) is 0 Å². The second-order valence-corrected chi connectivity index (χ2v) is 12.8. The smallest absolute Gasteiger partial charge is 0.179 e. The first-order valence-electron chi connectivity index (χ1n) is 17.0. The second-order valence-electron chi connectivity index (χ2n) is 12.8. The molecule has 0 aliphatic rings. The number of fused-ring (bicyclic) bond motifs is 7. The van der Waals surface area contributed by atoms with E-state index in [0.717, 1.165) is 49.7 Å². The molecule has 0 radical (unpaired) electrons. The Morgan fingerprint density at radius 3 is 1.67 bits per heavy atom. The van der Waals surface area contributed by atoms with Gasteiger partial charge in [0.2, 0.25) is 0 Å². The average Bonchev–Trinajstić information content (AvgIpc) is 3.72. The summed E-state index contributed by atoms with van der Waals surface area (Å²) >= 11 is 0. The van der Waals surface area contributed by atoms with Crippen LogP contribution < -0.4 is 0 Å². The number of rotatable bonds is 5. The lowest BCUT2D eigenvalue weighted by atomic mass is 10.1. The first-order valence-corrected chi connectivity index (χ1v) is 17.0. The van der Waals surface area contributed by atoms with Crippen molar-refractivity contribution in [3.63, 3.8) is 0 Å². The average molecular weight is 676 g/mol. The van der Waals surface area contributed by atoms with Gasteiger partial charge in [0.15, 0.2) is 5.82 Å². The van der Waals surface area contributed by atoms with Crippen molar-refractivity contribution in [1.29, 1.82) is 0 Å². The van der Waals surface area contributed by atoms with Crippen LogP contribution in [0.15, 0.2) is 164 Å². The molecule has 4 heterocycles. The van der Waals surface area contributed by atoms with Crippen LogP contribution in [0.25, 0.3) is 89.2 Å². The summed E-state index contributed by atoms with van der Waals surface area (Å²) < 4.78 is 32.4. The van der Waals surface area contributed by atoms with Crippen molar-refractivity contribution in [2.45, 2.75) is 0 Å². The molecule has 0 saturated heterocycles. The number of pyridine rings is 1. The molecule has 5 nitrogen and oxygen atoms in total. The lowest BCUT2D eigenvalue weighted by molar-refractivity contribution is 0.627. The van der Waals surface area contributed by atoms with Crippen molar-refractivity contribution in [3.8, 4) is 45.5 Å². The Balaban J connectivity index is 1.22. The third-order valence-electron chi connectivity index (χ3n) is 9.68. The van der Waals surface area contributed by atoms with Crippen LogP contribution in [-0.2, 0) is 0 Å². The monoisotopic (exact) mass is 675 g/mol. The van der Waals surface area contributed by atoms with Crippen LogP contribution in [0, 0.1) is 11.6 Å². The van der Waals surface area contributed by atoms with E-state index in [1.807, 2.05) is 30.3 Å². The first-order chi connectivity index (χ1) is 25.6. The lowest BCUT2D eigenvalue weighted by Gasteiger charge is -2.12. The van der Waals surface area contributed by atoms with E-state index in [2.05, 4.69) is 94.1 Å². The first kappa shape index (κ1) is 29.9. The fourth-order valence-corrected chi connectivity index (χ4v) is 7.37. The van der Waals surface area contributed by atoms with Gasteiger partial charge < -0.3 is 4.57 Å². The van der Waals surface area contributed by atoms with Crippen LogP contribution in [0.2, 0.25) is 0 Å². The van der Waals surface area contributed by atoms with Gasteiger partial charge in [-0.3, -0.25) is 4.57 Å². The molecule has 0 amide bonds. The van der Waals surface area contributed by atoms with Crippen LogP contribution >= 0.6 is 0 Å². The van der Waals surface area contributed by atoms with E-state index < -0.39 is 0 Å². The highest BCUT2D eigenvalue weighted by atomic mass is 19.1. The number of hydrogen-bond donors (Lipinski definition) is 0. The highest BCUT2D eigenvalue weighted by Gasteiger charge is 2.21. The standard InChI is InChI=1S/C45H27F2N5/c46-30-21-17-28(18-22-30)37-27-38(29-19-23-31(47)24-20-29)50-45(49-37)36-13-8-16-42(48-36)52-40-15-7-5-12-35(40)43-41(52)26-25-34-33-11-4-6-14-39(33)51(44(34)43)32-9-2-1-3-10-32/h1-27H. The number of halogens is 2. The molecule has 7 heteroatoms. The minimum atomic E-state index is -0.334. The van der Waals surface area contributed by atoms with Gasteiger partial charge in [-0.25, -0.2) is 23.7 Å². The van der Waals surface area contributed by atoms with E-state index >= 15 is 0 Å². The zero-order valence-electron chi connectivity index (χ0n) is 27.6. The molecule has 0 unspecified atom stereocenters. The summed E-state index contributed by atoms with van der Waals surface area (Å²) in [5.41, 5.74) is 8.63. The van der Waals surface area contributed by atoms with Crippen LogP contribution in [0.3, 0.4) is 0 Å². The maximum absolute atomic E-state index is 13.9. The minimum absolute atomic E-state index is 0.334. The van der Waals surface area contributed by atoms with Gasteiger partial charge in [0.25, 0.3) is 0 Å². The molecule has 246 valence electrons. The fourth-order valence-electron chi connectivity index (χ4n) is 7.37. The summed E-state index contributed by atoms with van der Waals surface area (Å²) in [5.74, 6) is 0.442. The molecule has 0 aliphatic carbocycles. The van der Waals surface area contributed by atoms with E-state index in [1.54, 1.807) is 24.3 Å². The second kappa shape index (κ2) is 11.8. The Morgan fingerprint density at radius 2 is 1.00 bits per heavy atom. The summed E-state index contributed by atoms with van der Waals surface area (Å²) in [7, 11) is 0. The van der Waals surface area contributed by atoms with E-state index in [-0.39, 0.29) is 11.6 Å². The van der Waals surface area contributed by atoms with Crippen molar-refractivity contribution >= 4 is 43.6 Å². The number of para-hydroxylation sites is 3. The summed E-state index contributed by atoms with van der Waals surface area (Å²) in [6.07, 6.45) is 0. The summed E-state index contributed by atoms with van der Waals surface area (Å²) in [5, 5.41) is 4.61.